The number of nitrogen functional groups attached to an aromatic ring is 1. The highest BCUT2D eigenvalue weighted by Crippen LogP contribution is 2.26. The molecular formula is C14H15ClN4S. The van der Waals surface area contributed by atoms with Crippen LogP contribution in [0, 0.1) is 0 Å². The number of halogens is 1. The molecule has 104 valence electrons. The zero-order valence-electron chi connectivity index (χ0n) is 11.1. The van der Waals surface area contributed by atoms with Gasteiger partial charge >= 0.3 is 0 Å². The van der Waals surface area contributed by atoms with E-state index in [2.05, 4.69) is 16.5 Å². The fraction of sp³-hybridized carbons (Fsp3) is 0.286. The van der Waals surface area contributed by atoms with E-state index < -0.39 is 0 Å². The summed E-state index contributed by atoms with van der Waals surface area (Å²) in [7, 11) is 0. The van der Waals surface area contributed by atoms with Gasteiger partial charge in [-0.3, -0.25) is 0 Å². The summed E-state index contributed by atoms with van der Waals surface area (Å²) in [6, 6.07) is 5.83. The number of aryl methyl sites for hydroxylation is 1. The Morgan fingerprint density at radius 3 is 2.90 bits per heavy atom. The van der Waals surface area contributed by atoms with Crippen molar-refractivity contribution < 1.29 is 0 Å². The van der Waals surface area contributed by atoms with E-state index in [1.807, 2.05) is 23.6 Å². The molecule has 0 aliphatic rings. The van der Waals surface area contributed by atoms with Gasteiger partial charge < -0.3 is 10.3 Å². The number of fused-ring (bicyclic) bond motifs is 1. The topological polar surface area (TPSA) is 56.7 Å². The van der Waals surface area contributed by atoms with Crippen LogP contribution in [0.3, 0.4) is 0 Å². The lowest BCUT2D eigenvalue weighted by molar-refractivity contribution is 0.662. The molecule has 0 radical (unpaired) electrons. The minimum atomic E-state index is 0.594. The molecule has 3 aromatic rings. The summed E-state index contributed by atoms with van der Waals surface area (Å²) in [5.41, 5.74) is 8.59. The first kappa shape index (κ1) is 13.4. The quantitative estimate of drug-likeness (QED) is 0.799. The molecule has 0 aliphatic carbocycles. The number of aromatic nitrogens is 3. The molecular weight excluding hydrogens is 292 g/mol. The van der Waals surface area contributed by atoms with Gasteiger partial charge in [-0.15, -0.1) is 11.3 Å². The van der Waals surface area contributed by atoms with E-state index in [0.29, 0.717) is 11.6 Å². The van der Waals surface area contributed by atoms with Gasteiger partial charge in [0.05, 0.1) is 21.7 Å². The molecule has 0 atom stereocenters. The molecule has 0 fully saturated rings. The Bertz CT molecular complexity index is 747. The second kappa shape index (κ2) is 5.42. The largest absolute Gasteiger partial charge is 0.375 e. The van der Waals surface area contributed by atoms with Crippen LogP contribution in [0.15, 0.2) is 23.6 Å². The number of hydrogen-bond donors (Lipinski definition) is 1. The van der Waals surface area contributed by atoms with Crippen molar-refractivity contribution in [2.24, 2.45) is 0 Å². The maximum Gasteiger partial charge on any atom is 0.180 e. The molecule has 2 N–H and O–H groups in total. The SMILES string of the molecule is CCCn1c(Cc2csc(N)n2)nc2cccc(Cl)c21. The molecule has 3 rings (SSSR count). The molecule has 2 heterocycles. The lowest BCUT2D eigenvalue weighted by Crippen LogP contribution is -2.04. The molecule has 1 aromatic carbocycles. The third-order valence-corrected chi connectivity index (χ3v) is 4.18. The Morgan fingerprint density at radius 1 is 1.35 bits per heavy atom. The predicted octanol–water partition coefficient (Wildman–Crippen LogP) is 3.73. The number of nitrogens with zero attached hydrogens (tertiary/aromatic N) is 3. The first-order valence-electron chi connectivity index (χ1n) is 6.52. The number of benzene rings is 1. The summed E-state index contributed by atoms with van der Waals surface area (Å²) in [5, 5.41) is 3.32. The van der Waals surface area contributed by atoms with Crippen LogP contribution in [0.2, 0.25) is 5.02 Å². The summed E-state index contributed by atoms with van der Waals surface area (Å²) in [6.45, 7) is 3.04. The molecule has 0 spiro atoms. The molecule has 0 unspecified atom stereocenters. The molecule has 0 bridgehead atoms. The number of rotatable bonds is 4. The van der Waals surface area contributed by atoms with Crippen LogP contribution in [-0.2, 0) is 13.0 Å². The standard InChI is InChI=1S/C14H15ClN4S/c1-2-6-19-12(7-9-8-20-14(16)17-9)18-11-5-3-4-10(15)13(11)19/h3-5,8H,2,6-7H2,1H3,(H2,16,17). The van der Waals surface area contributed by atoms with Crippen molar-refractivity contribution in [3.05, 3.63) is 40.1 Å². The Hall–Kier alpha value is -1.59. The second-order valence-corrected chi connectivity index (χ2v) is 5.94. The van der Waals surface area contributed by atoms with Crippen LogP contribution < -0.4 is 5.73 Å². The zero-order valence-corrected chi connectivity index (χ0v) is 12.7. The molecule has 2 aromatic heterocycles. The minimum Gasteiger partial charge on any atom is -0.375 e. The molecule has 6 heteroatoms. The molecule has 0 saturated heterocycles. The molecule has 0 amide bonds. The van der Waals surface area contributed by atoms with E-state index in [4.69, 9.17) is 22.3 Å². The molecule has 0 saturated carbocycles. The molecule has 20 heavy (non-hydrogen) atoms. The van der Waals surface area contributed by atoms with Crippen molar-refractivity contribution in [2.45, 2.75) is 26.3 Å². The van der Waals surface area contributed by atoms with Crippen LogP contribution >= 0.6 is 22.9 Å². The number of anilines is 1. The van der Waals surface area contributed by atoms with Gasteiger partial charge in [0.1, 0.15) is 5.82 Å². The first-order chi connectivity index (χ1) is 9.69. The van der Waals surface area contributed by atoms with Crippen molar-refractivity contribution in [2.75, 3.05) is 5.73 Å². The number of para-hydroxylation sites is 1. The lowest BCUT2D eigenvalue weighted by atomic mass is 10.3. The zero-order chi connectivity index (χ0) is 14.1. The minimum absolute atomic E-state index is 0.594. The van der Waals surface area contributed by atoms with Gasteiger partial charge in [-0.25, -0.2) is 9.97 Å². The highest BCUT2D eigenvalue weighted by molar-refractivity contribution is 7.13. The number of nitrogens with two attached hydrogens (primary N) is 1. The summed E-state index contributed by atoms with van der Waals surface area (Å²) in [5.74, 6) is 0.986. The maximum atomic E-state index is 6.32. The van der Waals surface area contributed by atoms with Crippen LogP contribution in [0.1, 0.15) is 24.9 Å². The summed E-state index contributed by atoms with van der Waals surface area (Å²) in [4.78, 5) is 9.01. The predicted molar refractivity (Wildman–Crippen MR) is 84.4 cm³/mol. The average Bonchev–Trinajstić information content (AvgIpc) is 2.96. The summed E-state index contributed by atoms with van der Waals surface area (Å²) < 4.78 is 2.19. The van der Waals surface area contributed by atoms with E-state index >= 15 is 0 Å². The Balaban J connectivity index is 2.09. The van der Waals surface area contributed by atoms with Crippen LogP contribution in [0.25, 0.3) is 11.0 Å². The summed E-state index contributed by atoms with van der Waals surface area (Å²) in [6.07, 6.45) is 1.71. The highest BCUT2D eigenvalue weighted by Gasteiger charge is 2.14. The van der Waals surface area contributed by atoms with Crippen molar-refractivity contribution in [1.29, 1.82) is 0 Å². The second-order valence-electron chi connectivity index (χ2n) is 4.64. The molecule has 0 aliphatic heterocycles. The number of thiazole rings is 1. The normalized spacial score (nSPS) is 11.3. The van der Waals surface area contributed by atoms with Gasteiger partial charge in [0.25, 0.3) is 0 Å². The van der Waals surface area contributed by atoms with Gasteiger partial charge in [0.2, 0.25) is 0 Å². The number of hydrogen-bond acceptors (Lipinski definition) is 4. The van der Waals surface area contributed by atoms with E-state index in [1.165, 1.54) is 11.3 Å². The fourth-order valence-corrected chi connectivity index (χ4v) is 3.19. The van der Waals surface area contributed by atoms with Gasteiger partial charge in [-0.05, 0) is 18.6 Å². The van der Waals surface area contributed by atoms with Gasteiger partial charge in [-0.1, -0.05) is 24.6 Å². The highest BCUT2D eigenvalue weighted by atomic mass is 35.5. The Kier molecular flexibility index (Phi) is 3.63. The maximum absolute atomic E-state index is 6.32. The third kappa shape index (κ3) is 2.39. The smallest absolute Gasteiger partial charge is 0.180 e. The van der Waals surface area contributed by atoms with E-state index in [-0.39, 0.29) is 0 Å². The van der Waals surface area contributed by atoms with Gasteiger partial charge in [-0.2, -0.15) is 0 Å². The van der Waals surface area contributed by atoms with Crippen LogP contribution in [-0.4, -0.2) is 14.5 Å². The monoisotopic (exact) mass is 306 g/mol. The van der Waals surface area contributed by atoms with Crippen LogP contribution in [0.5, 0.6) is 0 Å². The van der Waals surface area contributed by atoms with Gasteiger partial charge in [0.15, 0.2) is 5.13 Å². The molecule has 4 nitrogen and oxygen atoms in total. The van der Waals surface area contributed by atoms with Crippen molar-refractivity contribution in [3.63, 3.8) is 0 Å². The van der Waals surface area contributed by atoms with E-state index in [1.54, 1.807) is 0 Å². The van der Waals surface area contributed by atoms with E-state index in [0.717, 1.165) is 40.5 Å². The van der Waals surface area contributed by atoms with Crippen LogP contribution in [0.4, 0.5) is 5.13 Å². The van der Waals surface area contributed by atoms with E-state index in [9.17, 15) is 0 Å². The van der Waals surface area contributed by atoms with Crippen molar-refractivity contribution in [1.82, 2.24) is 14.5 Å². The average molecular weight is 307 g/mol. The summed E-state index contributed by atoms with van der Waals surface area (Å²) >= 11 is 7.78. The van der Waals surface area contributed by atoms with Crippen molar-refractivity contribution >= 4 is 39.1 Å². The lowest BCUT2D eigenvalue weighted by Gasteiger charge is -2.07. The number of imidazole rings is 1. The third-order valence-electron chi connectivity index (χ3n) is 3.15. The Labute approximate surface area is 126 Å². The first-order valence-corrected chi connectivity index (χ1v) is 7.78. The van der Waals surface area contributed by atoms with Gasteiger partial charge in [0, 0.05) is 18.3 Å². The fourth-order valence-electron chi connectivity index (χ4n) is 2.36. The Morgan fingerprint density at radius 2 is 2.20 bits per heavy atom. The van der Waals surface area contributed by atoms with Crippen molar-refractivity contribution in [3.8, 4) is 0 Å².